The highest BCUT2D eigenvalue weighted by atomic mass is 19.1. The smallest absolute Gasteiger partial charge is 0.438 e. The Labute approximate surface area is 383 Å². The van der Waals surface area contributed by atoms with Crippen molar-refractivity contribution in [3.05, 3.63) is 133 Å². The Kier molecular flexibility index (Phi) is 9.12. The normalized spacial score (nSPS) is 22.3. The minimum absolute atomic E-state index is 0.0212. The molecule has 8 heterocycles. The number of aryl methyl sites for hydroxylation is 3. The molecule has 0 unspecified atom stereocenters. The number of carbonyl (C=O) groups excluding carboxylic acids is 1. The van der Waals surface area contributed by atoms with Gasteiger partial charge in [0.05, 0.1) is 46.2 Å². The molecule has 4 aliphatic rings. The molecule has 2 fully saturated rings. The van der Waals surface area contributed by atoms with Gasteiger partial charge in [0, 0.05) is 61.4 Å². The van der Waals surface area contributed by atoms with Crippen molar-refractivity contribution in [1.29, 1.82) is 0 Å². The van der Waals surface area contributed by atoms with Gasteiger partial charge < -0.3 is 18.9 Å². The van der Waals surface area contributed by atoms with Crippen LogP contribution in [0.2, 0.25) is 0 Å². The average molecular weight is 907 g/mol. The number of aromatic amines is 1. The van der Waals surface area contributed by atoms with Crippen LogP contribution in [0.15, 0.2) is 81.1 Å². The van der Waals surface area contributed by atoms with Crippen molar-refractivity contribution < 1.29 is 23.2 Å². The van der Waals surface area contributed by atoms with E-state index in [2.05, 4.69) is 53.7 Å². The van der Waals surface area contributed by atoms with Crippen LogP contribution in [0.3, 0.4) is 0 Å². The Bertz CT molecular complexity index is 3450. The van der Waals surface area contributed by atoms with E-state index in [1.54, 1.807) is 52.2 Å². The first-order valence-electron chi connectivity index (χ1n) is 23.2. The highest BCUT2D eigenvalue weighted by Crippen LogP contribution is 2.56. The highest BCUT2D eigenvalue weighted by Gasteiger charge is 2.59. The molecular weight excluding hydrogens is 856 g/mol. The lowest BCUT2D eigenvalue weighted by atomic mass is 9.83. The second-order valence-corrected chi connectivity index (χ2v) is 19.6. The molecule has 16 nitrogen and oxygen atoms in total. The second-order valence-electron chi connectivity index (χ2n) is 19.6. The number of carbonyl (C=O) groups is 1. The van der Waals surface area contributed by atoms with Gasteiger partial charge in [0.2, 0.25) is 5.88 Å². The van der Waals surface area contributed by atoms with Crippen LogP contribution in [0.1, 0.15) is 110 Å². The Hall–Kier alpha value is -7.01. The molecule has 3 aromatic carbocycles. The fourth-order valence-electron chi connectivity index (χ4n) is 11.4. The standard InChI is InChI=1S/C50H51FN10O6/c1-27-20-35(21-28(2)42(27)51)61-43(58-17-16-57(48(58)64)34-9-10-37-36(24-34)45-59(53-37)14-7-18-65-45)41-30(4)56(15-12-38(41)54-61)44(62)40-23-33-22-31(32-13-19-66-49(5,6)26-32)8-11-39(33)60(40)50(25-29(50)3)46-52-47(63)67-55-46/h8-11,16-17,20-24,29-30,32H,7,12-15,18-19,25-26H2,1-6H3,(H,52,55,63)/t29-,30-,32-,50-/m0/s1. The molecule has 12 rings (SSSR count). The summed E-state index contributed by atoms with van der Waals surface area (Å²) in [4.78, 5) is 47.6. The van der Waals surface area contributed by atoms with E-state index in [4.69, 9.17) is 24.2 Å². The Morgan fingerprint density at radius 3 is 2.45 bits per heavy atom. The first-order chi connectivity index (χ1) is 32.2. The molecule has 1 saturated carbocycles. The maximum atomic E-state index is 15.6. The number of rotatable bonds is 7. The Morgan fingerprint density at radius 1 is 0.910 bits per heavy atom. The van der Waals surface area contributed by atoms with E-state index >= 15 is 9.18 Å². The summed E-state index contributed by atoms with van der Waals surface area (Å²) in [5.41, 5.74) is 5.36. The van der Waals surface area contributed by atoms with Crippen molar-refractivity contribution in [2.24, 2.45) is 5.92 Å². The van der Waals surface area contributed by atoms with E-state index in [1.807, 2.05) is 40.8 Å². The number of H-pyrrole nitrogens is 1. The van der Waals surface area contributed by atoms with Crippen LogP contribution in [0, 0.1) is 25.6 Å². The minimum Gasteiger partial charge on any atom is -0.477 e. The lowest BCUT2D eigenvalue weighted by Crippen LogP contribution is -2.41. The van der Waals surface area contributed by atoms with Gasteiger partial charge in [-0.2, -0.15) is 10.2 Å². The summed E-state index contributed by atoms with van der Waals surface area (Å²) in [5.74, 6) is 0.632. The maximum Gasteiger partial charge on any atom is 0.438 e. The third kappa shape index (κ3) is 6.33. The number of nitrogens with one attached hydrogen (secondary N) is 1. The number of ether oxygens (including phenoxy) is 2. The van der Waals surface area contributed by atoms with E-state index in [9.17, 15) is 9.59 Å². The number of fused-ring (bicyclic) bond motifs is 5. The molecule has 8 aromatic rings. The summed E-state index contributed by atoms with van der Waals surface area (Å²) < 4.78 is 41.1. The van der Waals surface area contributed by atoms with Gasteiger partial charge in [0.15, 0.2) is 5.82 Å². The lowest BCUT2D eigenvalue weighted by molar-refractivity contribution is -0.0592. The molecular formula is C50H51FN10O6. The summed E-state index contributed by atoms with van der Waals surface area (Å²) in [7, 11) is 0. The SMILES string of the molecule is Cc1cc(-n2nc3c(c2-n2ccn(-c4ccc5nn6c(c5c4)OCCC6)c2=O)[C@H](C)N(C(=O)c2cc4cc([C@H]5CCOC(C)(C)C5)ccc4n2[C@@]2(c4noc(=O)[nH]4)C[C@@H]2C)CC3)cc(C)c1F. The largest absolute Gasteiger partial charge is 0.477 e. The van der Waals surface area contributed by atoms with E-state index in [0.29, 0.717) is 83.9 Å². The van der Waals surface area contributed by atoms with E-state index in [0.717, 1.165) is 53.3 Å². The van der Waals surface area contributed by atoms with Gasteiger partial charge in [-0.25, -0.2) is 23.3 Å². The molecule has 1 N–H and O–H groups in total. The van der Waals surface area contributed by atoms with Crippen molar-refractivity contribution in [3.63, 3.8) is 0 Å². The monoisotopic (exact) mass is 906 g/mol. The summed E-state index contributed by atoms with van der Waals surface area (Å²) >= 11 is 0. The quantitative estimate of drug-likeness (QED) is 0.170. The third-order valence-corrected chi connectivity index (χ3v) is 14.8. The highest BCUT2D eigenvalue weighted by molar-refractivity contribution is 6.00. The van der Waals surface area contributed by atoms with Crippen LogP contribution in [-0.4, -0.2) is 79.6 Å². The van der Waals surface area contributed by atoms with Gasteiger partial charge in [0.1, 0.15) is 22.9 Å². The van der Waals surface area contributed by atoms with Gasteiger partial charge >= 0.3 is 11.4 Å². The van der Waals surface area contributed by atoms with Gasteiger partial charge in [-0.1, -0.05) is 18.1 Å². The van der Waals surface area contributed by atoms with Crippen molar-refractivity contribution in [2.45, 2.75) is 103 Å². The molecule has 4 atom stereocenters. The number of imidazole rings is 1. The number of amides is 1. The topological polar surface area (TPSA) is 165 Å². The number of nitrogens with zero attached hydrogens (tertiary/aromatic N) is 9. The van der Waals surface area contributed by atoms with Crippen molar-refractivity contribution in [2.75, 3.05) is 19.8 Å². The summed E-state index contributed by atoms with van der Waals surface area (Å²) in [6.45, 7) is 14.1. The number of halogens is 1. The molecule has 0 spiro atoms. The molecule has 344 valence electrons. The first kappa shape index (κ1) is 41.4. The van der Waals surface area contributed by atoms with Crippen LogP contribution < -0.4 is 16.2 Å². The van der Waals surface area contributed by atoms with E-state index in [1.165, 1.54) is 5.56 Å². The van der Waals surface area contributed by atoms with Gasteiger partial charge in [-0.05, 0) is 131 Å². The Balaban J connectivity index is 0.992. The Morgan fingerprint density at radius 2 is 1.70 bits per heavy atom. The second kappa shape index (κ2) is 14.7. The predicted octanol–water partition coefficient (Wildman–Crippen LogP) is 7.55. The number of benzene rings is 3. The van der Waals surface area contributed by atoms with Crippen molar-refractivity contribution in [1.82, 2.24) is 48.3 Å². The maximum absolute atomic E-state index is 15.6. The molecule has 67 heavy (non-hydrogen) atoms. The van der Waals surface area contributed by atoms with Crippen LogP contribution >= 0.6 is 0 Å². The average Bonchev–Trinajstić information content (AvgIpc) is 3.93. The molecule has 0 bridgehead atoms. The zero-order valence-electron chi connectivity index (χ0n) is 38.3. The molecule has 17 heteroatoms. The van der Waals surface area contributed by atoms with E-state index in [-0.39, 0.29) is 34.9 Å². The number of hydrogen-bond donors (Lipinski definition) is 1. The van der Waals surface area contributed by atoms with Crippen LogP contribution in [0.5, 0.6) is 5.88 Å². The summed E-state index contributed by atoms with van der Waals surface area (Å²) in [6, 6.07) is 17.0. The molecule has 1 aliphatic carbocycles. The first-order valence-corrected chi connectivity index (χ1v) is 23.2. The predicted molar refractivity (Wildman–Crippen MR) is 246 cm³/mol. The van der Waals surface area contributed by atoms with Crippen LogP contribution in [0.4, 0.5) is 4.39 Å². The summed E-state index contributed by atoms with van der Waals surface area (Å²) in [6.07, 6.45) is 7.10. The fourth-order valence-corrected chi connectivity index (χ4v) is 11.4. The van der Waals surface area contributed by atoms with Gasteiger partial charge in [-0.3, -0.25) is 23.4 Å². The fraction of sp³-hybridized carbons (Fsp3) is 0.400. The lowest BCUT2D eigenvalue weighted by Gasteiger charge is -2.35. The minimum atomic E-state index is -0.832. The molecule has 5 aromatic heterocycles. The molecule has 3 aliphatic heterocycles. The zero-order valence-corrected chi connectivity index (χ0v) is 38.3. The molecule has 0 radical (unpaired) electrons. The van der Waals surface area contributed by atoms with Gasteiger partial charge in [0.25, 0.3) is 5.91 Å². The number of aromatic nitrogens is 9. The van der Waals surface area contributed by atoms with Crippen molar-refractivity contribution in [3.8, 4) is 23.1 Å². The number of hydrogen-bond acceptors (Lipinski definition) is 9. The van der Waals surface area contributed by atoms with E-state index < -0.39 is 17.3 Å². The molecule has 1 amide bonds. The van der Waals surface area contributed by atoms with Crippen LogP contribution in [-0.2, 0) is 23.2 Å². The van der Waals surface area contributed by atoms with Gasteiger partial charge in [-0.15, -0.1) is 0 Å². The third-order valence-electron chi connectivity index (χ3n) is 14.8. The zero-order chi connectivity index (χ0) is 46.3. The summed E-state index contributed by atoms with van der Waals surface area (Å²) in [5, 5.41) is 15.8. The van der Waals surface area contributed by atoms with Crippen molar-refractivity contribution >= 4 is 27.7 Å². The molecule has 1 saturated heterocycles. The van der Waals surface area contributed by atoms with Crippen LogP contribution in [0.25, 0.3) is 39.0 Å².